The topological polar surface area (TPSA) is 69.6 Å². The molecule has 1 unspecified atom stereocenters. The van der Waals surface area contributed by atoms with Crippen LogP contribution in [0.2, 0.25) is 0 Å². The summed E-state index contributed by atoms with van der Waals surface area (Å²) < 4.78 is 3.13. The first-order chi connectivity index (χ1) is 13.3. The van der Waals surface area contributed by atoms with Crippen LogP contribution in [0.15, 0.2) is 59.3 Å². The maximum Gasteiger partial charge on any atom is 0.119 e. The zero-order valence-electron chi connectivity index (χ0n) is 14.6. The molecule has 2 N–H and O–H groups in total. The Morgan fingerprint density at radius 2 is 2.04 bits per heavy atom. The van der Waals surface area contributed by atoms with E-state index in [2.05, 4.69) is 48.8 Å². The molecular weight excluding hydrogens is 402 g/mol. The molecule has 1 aliphatic heterocycles. The van der Waals surface area contributed by atoms with Gasteiger partial charge in [-0.05, 0) is 42.3 Å². The van der Waals surface area contributed by atoms with E-state index in [-0.39, 0.29) is 0 Å². The number of fused-ring (bicyclic) bond motifs is 2. The van der Waals surface area contributed by atoms with Gasteiger partial charge >= 0.3 is 0 Å². The van der Waals surface area contributed by atoms with Crippen LogP contribution in [0.25, 0.3) is 33.4 Å². The standard InChI is InChI=1S/C21H18BrN5/c22-14-4-5-15-16(6-9-25-18(15)11-14)19-20(17-3-1-2-8-24-17)26-27-10-7-13(12-23)21(19)27/h1-6,8-9,11,13H,7,10,12,23H2. The first-order valence-corrected chi connectivity index (χ1v) is 9.82. The number of aromatic nitrogens is 4. The van der Waals surface area contributed by atoms with Gasteiger partial charge in [-0.2, -0.15) is 5.10 Å². The molecule has 4 aromatic rings. The molecule has 134 valence electrons. The van der Waals surface area contributed by atoms with Crippen LogP contribution in [0.5, 0.6) is 0 Å². The Morgan fingerprint density at radius 3 is 2.85 bits per heavy atom. The summed E-state index contributed by atoms with van der Waals surface area (Å²) in [6, 6.07) is 14.2. The van der Waals surface area contributed by atoms with Crippen LogP contribution in [-0.4, -0.2) is 26.3 Å². The van der Waals surface area contributed by atoms with Crippen LogP contribution >= 0.6 is 15.9 Å². The van der Waals surface area contributed by atoms with Gasteiger partial charge in [0, 0.05) is 46.8 Å². The largest absolute Gasteiger partial charge is 0.330 e. The molecule has 4 heterocycles. The van der Waals surface area contributed by atoms with Crippen molar-refractivity contribution in [3.8, 4) is 22.5 Å². The van der Waals surface area contributed by atoms with E-state index in [0.29, 0.717) is 12.5 Å². The second kappa shape index (κ2) is 6.55. The van der Waals surface area contributed by atoms with Crippen LogP contribution in [0, 0.1) is 0 Å². The zero-order chi connectivity index (χ0) is 18.4. The summed E-state index contributed by atoms with van der Waals surface area (Å²) in [5.41, 5.74) is 12.3. The van der Waals surface area contributed by atoms with Gasteiger partial charge in [0.25, 0.3) is 0 Å². The lowest BCUT2D eigenvalue weighted by molar-refractivity contribution is 0.633. The van der Waals surface area contributed by atoms with E-state index in [0.717, 1.165) is 50.9 Å². The molecule has 5 nitrogen and oxygen atoms in total. The number of rotatable bonds is 3. The minimum Gasteiger partial charge on any atom is -0.330 e. The lowest BCUT2D eigenvalue weighted by Gasteiger charge is -2.13. The number of nitrogens with zero attached hydrogens (tertiary/aromatic N) is 4. The Hall–Kier alpha value is -2.57. The van der Waals surface area contributed by atoms with E-state index in [9.17, 15) is 0 Å². The molecule has 6 heteroatoms. The normalized spacial score (nSPS) is 16.0. The SMILES string of the molecule is NCC1CCn2nc(-c3ccccn3)c(-c3ccnc4cc(Br)ccc34)c21. The summed E-state index contributed by atoms with van der Waals surface area (Å²) in [6.45, 7) is 1.51. The van der Waals surface area contributed by atoms with Gasteiger partial charge in [-0.15, -0.1) is 0 Å². The monoisotopic (exact) mass is 419 g/mol. The summed E-state index contributed by atoms with van der Waals surface area (Å²) in [5, 5.41) is 6.04. The van der Waals surface area contributed by atoms with Gasteiger partial charge < -0.3 is 5.73 Å². The van der Waals surface area contributed by atoms with Crippen LogP contribution in [0.1, 0.15) is 18.0 Å². The molecule has 1 aromatic carbocycles. The quantitative estimate of drug-likeness (QED) is 0.535. The van der Waals surface area contributed by atoms with Crippen molar-refractivity contribution in [3.05, 3.63) is 65.0 Å². The van der Waals surface area contributed by atoms with Crippen molar-refractivity contribution in [1.82, 2.24) is 19.7 Å². The average Bonchev–Trinajstić information content (AvgIpc) is 3.27. The molecule has 0 radical (unpaired) electrons. The minimum atomic E-state index is 0.309. The van der Waals surface area contributed by atoms with E-state index in [1.165, 1.54) is 5.69 Å². The lowest BCUT2D eigenvalue weighted by Crippen LogP contribution is -2.10. The predicted octanol–water partition coefficient (Wildman–Crippen LogP) is 4.37. The molecule has 0 saturated heterocycles. The number of halogens is 1. The molecule has 0 fully saturated rings. The smallest absolute Gasteiger partial charge is 0.119 e. The maximum atomic E-state index is 6.10. The van der Waals surface area contributed by atoms with Gasteiger partial charge in [0.2, 0.25) is 0 Å². The third-order valence-electron chi connectivity index (χ3n) is 5.23. The van der Waals surface area contributed by atoms with Crippen molar-refractivity contribution < 1.29 is 0 Å². The molecule has 5 rings (SSSR count). The fourth-order valence-electron chi connectivity index (χ4n) is 3.99. The van der Waals surface area contributed by atoms with Crippen molar-refractivity contribution in [2.45, 2.75) is 18.9 Å². The van der Waals surface area contributed by atoms with Crippen LogP contribution in [0.3, 0.4) is 0 Å². The predicted molar refractivity (Wildman–Crippen MR) is 110 cm³/mol. The molecular formula is C21H18BrN5. The molecule has 27 heavy (non-hydrogen) atoms. The zero-order valence-corrected chi connectivity index (χ0v) is 16.2. The molecule has 3 aromatic heterocycles. The van der Waals surface area contributed by atoms with Gasteiger partial charge in [0.15, 0.2) is 0 Å². The summed E-state index contributed by atoms with van der Waals surface area (Å²) in [6.07, 6.45) is 4.71. The highest BCUT2D eigenvalue weighted by atomic mass is 79.9. The molecule has 0 spiro atoms. The summed E-state index contributed by atoms with van der Waals surface area (Å²) >= 11 is 3.54. The van der Waals surface area contributed by atoms with Crippen LogP contribution < -0.4 is 5.73 Å². The average molecular weight is 420 g/mol. The molecule has 0 aliphatic carbocycles. The Labute approximate surface area is 165 Å². The summed E-state index contributed by atoms with van der Waals surface area (Å²) in [7, 11) is 0. The molecule has 1 aliphatic rings. The molecule has 1 atom stereocenters. The van der Waals surface area contributed by atoms with Crippen molar-refractivity contribution in [2.24, 2.45) is 5.73 Å². The number of aryl methyl sites for hydroxylation is 1. The van der Waals surface area contributed by atoms with Crippen LogP contribution in [0.4, 0.5) is 0 Å². The first kappa shape index (κ1) is 16.6. The first-order valence-electron chi connectivity index (χ1n) is 9.03. The summed E-state index contributed by atoms with van der Waals surface area (Å²) in [5.74, 6) is 0.309. The number of hydrogen-bond acceptors (Lipinski definition) is 4. The van der Waals surface area contributed by atoms with E-state index in [4.69, 9.17) is 10.8 Å². The Kier molecular flexibility index (Phi) is 4.02. The fourth-order valence-corrected chi connectivity index (χ4v) is 4.34. The maximum absolute atomic E-state index is 6.10. The highest BCUT2D eigenvalue weighted by molar-refractivity contribution is 9.10. The van der Waals surface area contributed by atoms with Gasteiger partial charge in [0.1, 0.15) is 5.69 Å². The number of pyridine rings is 2. The summed E-state index contributed by atoms with van der Waals surface area (Å²) in [4.78, 5) is 9.11. The van der Waals surface area contributed by atoms with Gasteiger partial charge in [0.05, 0.1) is 16.9 Å². The number of hydrogen-bond donors (Lipinski definition) is 1. The van der Waals surface area contributed by atoms with Crippen LogP contribution in [-0.2, 0) is 6.54 Å². The van der Waals surface area contributed by atoms with E-state index in [1.54, 1.807) is 0 Å². The van der Waals surface area contributed by atoms with Crippen molar-refractivity contribution in [1.29, 1.82) is 0 Å². The highest BCUT2D eigenvalue weighted by Gasteiger charge is 2.31. The molecule has 0 amide bonds. The highest BCUT2D eigenvalue weighted by Crippen LogP contribution is 2.43. The van der Waals surface area contributed by atoms with E-state index >= 15 is 0 Å². The van der Waals surface area contributed by atoms with Crippen molar-refractivity contribution in [3.63, 3.8) is 0 Å². The third kappa shape index (κ3) is 2.67. The fraction of sp³-hybridized carbons (Fsp3) is 0.190. The number of benzene rings is 1. The van der Waals surface area contributed by atoms with Gasteiger partial charge in [-0.3, -0.25) is 14.6 Å². The van der Waals surface area contributed by atoms with Crippen molar-refractivity contribution >= 4 is 26.8 Å². The van der Waals surface area contributed by atoms with Gasteiger partial charge in [-0.25, -0.2) is 0 Å². The number of nitrogens with two attached hydrogens (primary N) is 1. The lowest BCUT2D eigenvalue weighted by atomic mass is 9.92. The van der Waals surface area contributed by atoms with Gasteiger partial charge in [-0.1, -0.05) is 28.1 Å². The molecule has 0 saturated carbocycles. The Bertz CT molecular complexity index is 1140. The molecule has 0 bridgehead atoms. The van der Waals surface area contributed by atoms with E-state index < -0.39 is 0 Å². The van der Waals surface area contributed by atoms with Crippen molar-refractivity contribution in [2.75, 3.05) is 6.54 Å². The van der Waals surface area contributed by atoms with E-state index in [1.807, 2.05) is 36.7 Å². The second-order valence-electron chi connectivity index (χ2n) is 6.79. The Balaban J connectivity index is 1.84. The second-order valence-corrected chi connectivity index (χ2v) is 7.70. The minimum absolute atomic E-state index is 0.309. The Morgan fingerprint density at radius 1 is 1.11 bits per heavy atom. The third-order valence-corrected chi connectivity index (χ3v) is 5.73.